The molecule has 0 unspecified atom stereocenters. The Morgan fingerprint density at radius 2 is 1.75 bits per heavy atom. The Hall–Kier alpha value is -1.71. The molecule has 1 aliphatic heterocycles. The van der Waals surface area contributed by atoms with Crippen LogP contribution in [-0.2, 0) is 17.8 Å². The van der Waals surface area contributed by atoms with E-state index >= 15 is 0 Å². The normalized spacial score (nSPS) is 16.6. The van der Waals surface area contributed by atoms with Crippen LogP contribution >= 0.6 is 0 Å². The van der Waals surface area contributed by atoms with E-state index in [1.54, 1.807) is 14.2 Å². The van der Waals surface area contributed by atoms with Gasteiger partial charge in [-0.05, 0) is 43.5 Å². The molecule has 1 heterocycles. The molecule has 0 bridgehead atoms. The molecule has 4 nitrogen and oxygen atoms in total. The van der Waals surface area contributed by atoms with E-state index in [1.165, 1.54) is 5.56 Å². The Labute approximate surface area is 120 Å². The molecule has 110 valence electrons. The number of carbonyl (C=O) groups excluding carboxylic acids is 1. The van der Waals surface area contributed by atoms with Gasteiger partial charge in [-0.3, -0.25) is 4.79 Å². The Bertz CT molecular complexity index is 523. The Morgan fingerprint density at radius 1 is 1.20 bits per heavy atom. The molecule has 1 aromatic rings. The van der Waals surface area contributed by atoms with Crippen molar-refractivity contribution in [1.29, 1.82) is 0 Å². The fourth-order valence-electron chi connectivity index (χ4n) is 2.84. The van der Waals surface area contributed by atoms with Crippen LogP contribution in [0.4, 0.5) is 0 Å². The van der Waals surface area contributed by atoms with Crippen LogP contribution in [0, 0.1) is 0 Å². The first-order valence-corrected chi connectivity index (χ1v) is 6.97. The molecule has 0 fully saturated rings. The van der Waals surface area contributed by atoms with Crippen LogP contribution in [0.25, 0.3) is 0 Å². The van der Waals surface area contributed by atoms with Crippen molar-refractivity contribution in [2.24, 2.45) is 0 Å². The van der Waals surface area contributed by atoms with Crippen LogP contribution in [0.1, 0.15) is 38.3 Å². The molecule has 20 heavy (non-hydrogen) atoms. The molecule has 4 heteroatoms. The van der Waals surface area contributed by atoms with Gasteiger partial charge < -0.3 is 14.4 Å². The maximum atomic E-state index is 12.1. The largest absolute Gasteiger partial charge is 0.493 e. The van der Waals surface area contributed by atoms with E-state index in [-0.39, 0.29) is 11.4 Å². The lowest BCUT2D eigenvalue weighted by atomic mass is 9.85. The lowest BCUT2D eigenvalue weighted by Crippen LogP contribution is -2.51. The summed E-state index contributed by atoms with van der Waals surface area (Å²) in [6, 6.07) is 4.02. The number of hydrogen-bond donors (Lipinski definition) is 0. The lowest BCUT2D eigenvalue weighted by molar-refractivity contribution is -0.137. The van der Waals surface area contributed by atoms with Gasteiger partial charge in [0.2, 0.25) is 5.91 Å². The highest BCUT2D eigenvalue weighted by molar-refractivity contribution is 5.77. The number of fused-ring (bicyclic) bond motifs is 1. The molecular weight excluding hydrogens is 254 g/mol. The van der Waals surface area contributed by atoms with E-state index in [1.807, 2.05) is 24.0 Å². The smallest absolute Gasteiger partial charge is 0.223 e. The molecule has 0 aliphatic carbocycles. The van der Waals surface area contributed by atoms with Crippen LogP contribution in [0.2, 0.25) is 0 Å². The second-order valence-electron chi connectivity index (χ2n) is 5.80. The molecule has 0 saturated carbocycles. The minimum atomic E-state index is -0.167. The molecule has 0 N–H and O–H groups in total. The average Bonchev–Trinajstić information content (AvgIpc) is 2.43. The van der Waals surface area contributed by atoms with Gasteiger partial charge in [0, 0.05) is 18.5 Å². The van der Waals surface area contributed by atoms with E-state index < -0.39 is 0 Å². The molecule has 0 atom stereocenters. The van der Waals surface area contributed by atoms with E-state index in [4.69, 9.17) is 9.47 Å². The van der Waals surface area contributed by atoms with Gasteiger partial charge in [0.1, 0.15) is 0 Å². The predicted octanol–water partition coefficient (Wildman–Crippen LogP) is 2.78. The zero-order chi connectivity index (χ0) is 14.9. The number of ether oxygens (including phenoxy) is 2. The number of carbonyl (C=O) groups is 1. The number of benzene rings is 1. The average molecular weight is 277 g/mol. The highest BCUT2D eigenvalue weighted by atomic mass is 16.5. The number of amides is 1. The molecule has 0 spiro atoms. The zero-order valence-electron chi connectivity index (χ0n) is 12.9. The van der Waals surface area contributed by atoms with Gasteiger partial charge in [0.25, 0.3) is 0 Å². The maximum absolute atomic E-state index is 12.1. The summed E-state index contributed by atoms with van der Waals surface area (Å²) in [6.07, 6.45) is 1.36. The summed E-state index contributed by atoms with van der Waals surface area (Å²) in [6.45, 7) is 6.76. The van der Waals surface area contributed by atoms with E-state index in [9.17, 15) is 4.79 Å². The zero-order valence-corrected chi connectivity index (χ0v) is 12.9. The van der Waals surface area contributed by atoms with E-state index in [2.05, 4.69) is 13.8 Å². The Morgan fingerprint density at radius 3 is 2.25 bits per heavy atom. The summed E-state index contributed by atoms with van der Waals surface area (Å²) in [4.78, 5) is 14.1. The fraction of sp³-hybridized carbons (Fsp3) is 0.562. The molecule has 0 radical (unpaired) electrons. The summed E-state index contributed by atoms with van der Waals surface area (Å²) in [5.41, 5.74) is 2.20. The SMILES string of the molecule is CCC(=O)N1Cc2cc(OC)c(OC)cc2CC1(C)C. The van der Waals surface area contributed by atoms with Gasteiger partial charge in [-0.25, -0.2) is 0 Å². The van der Waals surface area contributed by atoms with Crippen molar-refractivity contribution in [1.82, 2.24) is 4.90 Å². The first kappa shape index (κ1) is 14.7. The van der Waals surface area contributed by atoms with Gasteiger partial charge in [-0.1, -0.05) is 6.92 Å². The van der Waals surface area contributed by atoms with Gasteiger partial charge in [-0.2, -0.15) is 0 Å². The van der Waals surface area contributed by atoms with Crippen LogP contribution in [0.5, 0.6) is 11.5 Å². The predicted molar refractivity (Wildman–Crippen MR) is 78.2 cm³/mol. The molecule has 1 amide bonds. The van der Waals surface area contributed by atoms with Gasteiger partial charge in [0.15, 0.2) is 11.5 Å². The molecule has 0 saturated heterocycles. The molecular formula is C16H23NO3. The number of hydrogen-bond acceptors (Lipinski definition) is 3. The van der Waals surface area contributed by atoms with Gasteiger partial charge in [0.05, 0.1) is 14.2 Å². The fourth-order valence-corrected chi connectivity index (χ4v) is 2.84. The van der Waals surface area contributed by atoms with E-state index in [0.717, 1.165) is 23.5 Å². The Kier molecular flexibility index (Phi) is 3.93. The molecule has 2 rings (SSSR count). The molecule has 0 aromatic heterocycles. The summed E-state index contributed by atoms with van der Waals surface area (Å²) in [5, 5.41) is 0. The van der Waals surface area contributed by atoms with E-state index in [0.29, 0.717) is 13.0 Å². The highest BCUT2D eigenvalue weighted by Gasteiger charge is 2.35. The summed E-state index contributed by atoms with van der Waals surface area (Å²) in [7, 11) is 3.27. The molecule has 1 aliphatic rings. The van der Waals surface area contributed by atoms with Crippen LogP contribution in [0.3, 0.4) is 0 Å². The quantitative estimate of drug-likeness (QED) is 0.852. The van der Waals surface area contributed by atoms with Crippen molar-refractivity contribution >= 4 is 5.91 Å². The third-order valence-electron chi connectivity index (χ3n) is 3.99. The monoisotopic (exact) mass is 277 g/mol. The van der Waals surface area contributed by atoms with Crippen LogP contribution in [0.15, 0.2) is 12.1 Å². The van der Waals surface area contributed by atoms with Crippen molar-refractivity contribution in [2.45, 2.75) is 45.7 Å². The summed E-state index contributed by atoms with van der Waals surface area (Å²) in [5.74, 6) is 1.66. The minimum Gasteiger partial charge on any atom is -0.493 e. The lowest BCUT2D eigenvalue weighted by Gasteiger charge is -2.43. The van der Waals surface area contributed by atoms with Crippen molar-refractivity contribution in [3.63, 3.8) is 0 Å². The standard InChI is InChI=1S/C16H23NO3/c1-6-15(18)17-10-12-8-14(20-5)13(19-4)7-11(12)9-16(17,2)3/h7-8H,6,9-10H2,1-5H3. The summed E-state index contributed by atoms with van der Waals surface area (Å²) >= 11 is 0. The Balaban J connectivity index is 2.44. The van der Waals surface area contributed by atoms with Gasteiger partial charge in [-0.15, -0.1) is 0 Å². The first-order valence-electron chi connectivity index (χ1n) is 6.97. The van der Waals surface area contributed by atoms with Crippen molar-refractivity contribution in [2.75, 3.05) is 14.2 Å². The summed E-state index contributed by atoms with van der Waals surface area (Å²) < 4.78 is 10.7. The molecule has 1 aromatic carbocycles. The second-order valence-corrected chi connectivity index (χ2v) is 5.80. The van der Waals surface area contributed by atoms with Crippen molar-refractivity contribution in [3.05, 3.63) is 23.3 Å². The number of nitrogens with zero attached hydrogens (tertiary/aromatic N) is 1. The topological polar surface area (TPSA) is 38.8 Å². The first-order chi connectivity index (χ1) is 9.42. The highest BCUT2D eigenvalue weighted by Crippen LogP contribution is 2.37. The second kappa shape index (κ2) is 5.35. The van der Waals surface area contributed by atoms with Crippen LogP contribution in [-0.4, -0.2) is 30.6 Å². The third kappa shape index (κ3) is 2.47. The van der Waals surface area contributed by atoms with Crippen molar-refractivity contribution < 1.29 is 14.3 Å². The third-order valence-corrected chi connectivity index (χ3v) is 3.99. The number of methoxy groups -OCH3 is 2. The number of rotatable bonds is 3. The van der Waals surface area contributed by atoms with Gasteiger partial charge >= 0.3 is 0 Å². The maximum Gasteiger partial charge on any atom is 0.223 e. The van der Waals surface area contributed by atoms with Crippen LogP contribution < -0.4 is 9.47 Å². The minimum absolute atomic E-state index is 0.167. The van der Waals surface area contributed by atoms with Crippen molar-refractivity contribution in [3.8, 4) is 11.5 Å².